The molecule has 6 nitrogen and oxygen atoms in total. The molecule has 0 aliphatic rings. The number of benzene rings is 3. The number of carbonyl (C=O) groups excluding carboxylic acids is 1. The van der Waals surface area contributed by atoms with Crippen molar-refractivity contribution in [3.05, 3.63) is 89.7 Å². The highest BCUT2D eigenvalue weighted by molar-refractivity contribution is 7.89. The lowest BCUT2D eigenvalue weighted by Gasteiger charge is -2.20. The van der Waals surface area contributed by atoms with Crippen LogP contribution in [0.25, 0.3) is 0 Å². The average Bonchev–Trinajstić information content (AvgIpc) is 2.75. The first kappa shape index (κ1) is 23.3. The predicted molar refractivity (Wildman–Crippen MR) is 112 cm³/mol. The number of carbonyl (C=O) groups is 1. The van der Waals surface area contributed by atoms with Gasteiger partial charge in [-0.15, -0.1) is 0 Å². The molecule has 0 saturated carbocycles. The Balaban J connectivity index is 1.93. The van der Waals surface area contributed by atoms with E-state index in [1.165, 1.54) is 7.11 Å². The Morgan fingerprint density at radius 1 is 0.969 bits per heavy atom. The number of halogens is 3. The van der Waals surface area contributed by atoms with E-state index in [0.717, 1.165) is 30.3 Å². The number of hydrogen-bond acceptors (Lipinski definition) is 4. The van der Waals surface area contributed by atoms with E-state index < -0.39 is 44.3 Å². The first-order chi connectivity index (χ1) is 15.2. The van der Waals surface area contributed by atoms with Crippen LogP contribution in [-0.2, 0) is 21.2 Å². The van der Waals surface area contributed by atoms with Crippen molar-refractivity contribution in [3.63, 3.8) is 0 Å². The molecule has 1 unspecified atom stereocenters. The lowest BCUT2D eigenvalue weighted by atomic mass is 10.1. The Kier molecular flexibility index (Phi) is 7.16. The van der Waals surface area contributed by atoms with Crippen LogP contribution < -0.4 is 14.8 Å². The van der Waals surface area contributed by atoms with E-state index in [1.54, 1.807) is 30.3 Å². The third kappa shape index (κ3) is 5.65. The van der Waals surface area contributed by atoms with Crippen LogP contribution in [-0.4, -0.2) is 27.5 Å². The third-order valence-corrected chi connectivity index (χ3v) is 5.99. The molecule has 0 radical (unpaired) electrons. The number of amides is 1. The van der Waals surface area contributed by atoms with Crippen LogP contribution in [0, 0.1) is 17.5 Å². The summed E-state index contributed by atoms with van der Waals surface area (Å²) in [5, 5.41) is 2.26. The Hall–Kier alpha value is -3.37. The zero-order chi connectivity index (χ0) is 23.3. The summed E-state index contributed by atoms with van der Waals surface area (Å²) in [5.74, 6) is -3.68. The minimum absolute atomic E-state index is 0.0909. The fourth-order valence-electron chi connectivity index (χ4n) is 2.96. The molecule has 2 N–H and O–H groups in total. The molecule has 0 aromatic heterocycles. The summed E-state index contributed by atoms with van der Waals surface area (Å²) in [6.07, 6.45) is -0.0909. The minimum Gasteiger partial charge on any atom is -0.495 e. The molecular weight excluding hydrogens is 445 g/mol. The van der Waals surface area contributed by atoms with Gasteiger partial charge in [0, 0.05) is 6.07 Å². The molecule has 0 aliphatic heterocycles. The zero-order valence-electron chi connectivity index (χ0n) is 16.8. The van der Waals surface area contributed by atoms with Crippen LogP contribution in [0.1, 0.15) is 5.56 Å². The molecular formula is C22H19F3N2O4S. The van der Waals surface area contributed by atoms with Gasteiger partial charge in [0.25, 0.3) is 0 Å². The number of sulfonamides is 1. The summed E-state index contributed by atoms with van der Waals surface area (Å²) in [6, 6.07) is 12.6. The van der Waals surface area contributed by atoms with Gasteiger partial charge < -0.3 is 10.1 Å². The zero-order valence-corrected chi connectivity index (χ0v) is 17.6. The van der Waals surface area contributed by atoms with Crippen molar-refractivity contribution in [1.29, 1.82) is 0 Å². The molecule has 10 heteroatoms. The maximum Gasteiger partial charge on any atom is 0.245 e. The highest BCUT2D eigenvalue weighted by Crippen LogP contribution is 2.25. The van der Waals surface area contributed by atoms with E-state index in [9.17, 15) is 26.4 Å². The third-order valence-electron chi connectivity index (χ3n) is 4.50. The number of rotatable bonds is 8. The van der Waals surface area contributed by atoms with Crippen molar-refractivity contribution in [2.24, 2.45) is 0 Å². The van der Waals surface area contributed by atoms with E-state index in [-0.39, 0.29) is 17.9 Å². The van der Waals surface area contributed by atoms with Gasteiger partial charge in [-0.3, -0.25) is 4.79 Å². The van der Waals surface area contributed by atoms with E-state index in [2.05, 4.69) is 10.0 Å². The van der Waals surface area contributed by atoms with Gasteiger partial charge in [0.1, 0.15) is 34.1 Å². The van der Waals surface area contributed by atoms with E-state index in [0.29, 0.717) is 11.6 Å². The topological polar surface area (TPSA) is 84.5 Å². The van der Waals surface area contributed by atoms with Gasteiger partial charge in [0.2, 0.25) is 15.9 Å². The van der Waals surface area contributed by atoms with Crippen LogP contribution in [0.2, 0.25) is 0 Å². The molecule has 0 spiro atoms. The summed E-state index contributed by atoms with van der Waals surface area (Å²) in [5.41, 5.74) is 0.290. The van der Waals surface area contributed by atoms with E-state index in [4.69, 9.17) is 4.74 Å². The summed E-state index contributed by atoms with van der Waals surface area (Å²) in [6.45, 7) is 0. The lowest BCUT2D eigenvalue weighted by Crippen LogP contribution is -2.45. The van der Waals surface area contributed by atoms with Gasteiger partial charge in [-0.1, -0.05) is 30.3 Å². The lowest BCUT2D eigenvalue weighted by molar-refractivity contribution is -0.117. The normalized spacial score (nSPS) is 12.2. The molecule has 3 aromatic carbocycles. The maximum atomic E-state index is 14.0. The minimum atomic E-state index is -4.43. The van der Waals surface area contributed by atoms with Crippen molar-refractivity contribution in [2.45, 2.75) is 17.4 Å². The Morgan fingerprint density at radius 3 is 2.28 bits per heavy atom. The Morgan fingerprint density at radius 2 is 1.62 bits per heavy atom. The van der Waals surface area contributed by atoms with Crippen molar-refractivity contribution < 1.29 is 31.1 Å². The quantitative estimate of drug-likeness (QED) is 0.533. The molecule has 0 saturated heterocycles. The number of nitrogens with one attached hydrogen (secondary N) is 2. The largest absolute Gasteiger partial charge is 0.495 e. The van der Waals surface area contributed by atoms with Crippen molar-refractivity contribution >= 4 is 21.6 Å². The SMILES string of the molecule is COc1ccc(F)cc1S(=O)(=O)NC(Cc1ccccc1)C(=O)Nc1ccc(F)cc1F. The van der Waals surface area contributed by atoms with Crippen molar-refractivity contribution in [3.8, 4) is 5.75 Å². The number of anilines is 1. The summed E-state index contributed by atoms with van der Waals surface area (Å²) >= 11 is 0. The van der Waals surface area contributed by atoms with E-state index in [1.807, 2.05) is 0 Å². The van der Waals surface area contributed by atoms with Gasteiger partial charge in [0.15, 0.2) is 0 Å². The van der Waals surface area contributed by atoms with Crippen LogP contribution >= 0.6 is 0 Å². The molecule has 32 heavy (non-hydrogen) atoms. The monoisotopic (exact) mass is 464 g/mol. The number of hydrogen-bond donors (Lipinski definition) is 2. The Bertz CT molecular complexity index is 1220. The first-order valence-electron chi connectivity index (χ1n) is 9.35. The first-order valence-corrected chi connectivity index (χ1v) is 10.8. The summed E-state index contributed by atoms with van der Waals surface area (Å²) in [7, 11) is -3.21. The number of methoxy groups -OCH3 is 1. The molecule has 0 aliphatic carbocycles. The summed E-state index contributed by atoms with van der Waals surface area (Å²) < 4.78 is 74.0. The average molecular weight is 464 g/mol. The molecule has 0 fully saturated rings. The second-order valence-corrected chi connectivity index (χ2v) is 8.45. The second-order valence-electron chi connectivity index (χ2n) is 6.77. The molecule has 3 aromatic rings. The highest BCUT2D eigenvalue weighted by atomic mass is 32.2. The van der Waals surface area contributed by atoms with Crippen molar-refractivity contribution in [2.75, 3.05) is 12.4 Å². The smallest absolute Gasteiger partial charge is 0.245 e. The van der Waals surface area contributed by atoms with Crippen LogP contribution in [0.15, 0.2) is 71.6 Å². The van der Waals surface area contributed by atoms with Crippen molar-refractivity contribution in [1.82, 2.24) is 4.72 Å². The Labute approximate surface area is 183 Å². The predicted octanol–water partition coefficient (Wildman–Crippen LogP) is 3.64. The molecule has 0 bridgehead atoms. The number of ether oxygens (including phenoxy) is 1. The van der Waals surface area contributed by atoms with Gasteiger partial charge in [-0.25, -0.2) is 21.6 Å². The van der Waals surface area contributed by atoms with E-state index >= 15 is 0 Å². The van der Waals surface area contributed by atoms with Gasteiger partial charge in [-0.2, -0.15) is 4.72 Å². The van der Waals surface area contributed by atoms with Crippen LogP contribution in [0.3, 0.4) is 0 Å². The molecule has 0 heterocycles. The molecule has 3 rings (SSSR count). The highest BCUT2D eigenvalue weighted by Gasteiger charge is 2.29. The molecule has 1 atom stereocenters. The van der Waals surface area contributed by atoms with Crippen LogP contribution in [0.5, 0.6) is 5.75 Å². The summed E-state index contributed by atoms with van der Waals surface area (Å²) in [4.78, 5) is 12.4. The standard InChI is InChI=1S/C22H19F3N2O4S/c1-31-20-10-8-16(24)13-21(20)32(29,30)27-19(11-14-5-3-2-4-6-14)22(28)26-18-9-7-15(23)12-17(18)25/h2-10,12-13,19,27H,11H2,1H3,(H,26,28). The van der Waals surface area contributed by atoms with Crippen LogP contribution in [0.4, 0.5) is 18.9 Å². The van der Waals surface area contributed by atoms with Gasteiger partial charge in [0.05, 0.1) is 12.8 Å². The van der Waals surface area contributed by atoms with Gasteiger partial charge >= 0.3 is 0 Å². The second kappa shape index (κ2) is 9.84. The maximum absolute atomic E-state index is 14.0. The molecule has 168 valence electrons. The fraction of sp³-hybridized carbons (Fsp3) is 0.136. The molecule has 1 amide bonds. The fourth-order valence-corrected chi connectivity index (χ4v) is 4.34. The van der Waals surface area contributed by atoms with Gasteiger partial charge in [-0.05, 0) is 42.3 Å².